The molecular weight excluding hydrogens is 767 g/mol. The summed E-state index contributed by atoms with van der Waals surface area (Å²) in [7, 11) is 0. The molecule has 61 heavy (non-hydrogen) atoms. The Bertz CT molecular complexity index is 3890. The number of hydrogen-bond donors (Lipinski definition) is 0. The van der Waals surface area contributed by atoms with Crippen molar-refractivity contribution in [2.75, 3.05) is 0 Å². The minimum atomic E-state index is 0.585. The first kappa shape index (κ1) is 34.0. The maximum atomic E-state index is 6.66. The highest BCUT2D eigenvalue weighted by Gasteiger charge is 2.20. The summed E-state index contributed by atoms with van der Waals surface area (Å²) in [4.78, 5) is 15.7. The van der Waals surface area contributed by atoms with E-state index in [9.17, 15) is 0 Å². The SMILES string of the molecule is c1ccc2c(-c3ccc(-c4nc(-c5ccc6c(c5)sc5ccccc56)nc(-c5cccc6oc7cc(-c8cccc9oc%10ccccc%10c89)ccc7c56)n4)cc3)cccc2c1. The predicted molar refractivity (Wildman–Crippen MR) is 252 cm³/mol. The van der Waals surface area contributed by atoms with Crippen molar-refractivity contribution in [3.8, 4) is 56.4 Å². The summed E-state index contributed by atoms with van der Waals surface area (Å²) >= 11 is 1.79. The molecule has 13 rings (SSSR count). The second-order valence-corrected chi connectivity index (χ2v) is 16.6. The van der Waals surface area contributed by atoms with Gasteiger partial charge in [0.15, 0.2) is 17.5 Å². The Morgan fingerprint density at radius 2 is 0.852 bits per heavy atom. The number of aromatic nitrogens is 3. The summed E-state index contributed by atoms with van der Waals surface area (Å²) < 4.78 is 15.3. The molecule has 0 N–H and O–H groups in total. The van der Waals surface area contributed by atoms with Gasteiger partial charge in [0.1, 0.15) is 22.3 Å². The van der Waals surface area contributed by atoms with Crippen molar-refractivity contribution < 1.29 is 8.83 Å². The van der Waals surface area contributed by atoms with Crippen LogP contribution in [0.4, 0.5) is 0 Å². The quantitative estimate of drug-likeness (QED) is 0.174. The Labute approximate surface area is 352 Å². The Morgan fingerprint density at radius 3 is 1.72 bits per heavy atom. The summed E-state index contributed by atoms with van der Waals surface area (Å²) in [5, 5.41) is 9.07. The van der Waals surface area contributed by atoms with Crippen LogP contribution in [-0.4, -0.2) is 15.0 Å². The molecule has 0 radical (unpaired) electrons. The largest absolute Gasteiger partial charge is 0.456 e. The summed E-state index contributed by atoms with van der Waals surface area (Å²) in [6.07, 6.45) is 0. The third-order valence-corrected chi connectivity index (χ3v) is 13.1. The zero-order valence-corrected chi connectivity index (χ0v) is 33.3. The standard InChI is InChI=1S/C55H31N3O2S/c1-2-12-37-32(10-1)11-7-15-38(37)33-22-24-34(25-23-33)53-56-54(36-27-28-41-40-13-4-6-21-49(40)61-50(41)31-36)58-55(57-53)44-17-9-20-47-52(44)43-29-26-35(30-48(43)60-47)39-16-8-19-46-51(39)42-14-3-5-18-45(42)59-46/h1-31H. The van der Waals surface area contributed by atoms with Gasteiger partial charge in [-0.25, -0.2) is 15.0 Å². The minimum absolute atomic E-state index is 0.585. The fourth-order valence-corrected chi connectivity index (χ4v) is 10.2. The highest BCUT2D eigenvalue weighted by atomic mass is 32.1. The number of benzene rings is 9. The molecule has 9 aromatic carbocycles. The summed E-state index contributed by atoms with van der Waals surface area (Å²) in [6.45, 7) is 0. The molecule has 0 fully saturated rings. The zero-order chi connectivity index (χ0) is 40.0. The summed E-state index contributed by atoms with van der Waals surface area (Å²) in [5.41, 5.74) is 10.5. The zero-order valence-electron chi connectivity index (χ0n) is 32.5. The molecule has 0 amide bonds. The lowest BCUT2D eigenvalue weighted by molar-refractivity contribution is 0.668. The molecule has 6 heteroatoms. The number of rotatable bonds is 5. The third-order valence-electron chi connectivity index (χ3n) is 12.0. The van der Waals surface area contributed by atoms with Gasteiger partial charge < -0.3 is 8.83 Å². The van der Waals surface area contributed by atoms with Gasteiger partial charge >= 0.3 is 0 Å². The number of furan rings is 2. The molecule has 0 unspecified atom stereocenters. The normalized spacial score (nSPS) is 11.9. The minimum Gasteiger partial charge on any atom is -0.456 e. The lowest BCUT2D eigenvalue weighted by Crippen LogP contribution is -2.00. The van der Waals surface area contributed by atoms with Crippen LogP contribution in [0.5, 0.6) is 0 Å². The molecule has 0 atom stereocenters. The van der Waals surface area contributed by atoms with Gasteiger partial charge in [-0.3, -0.25) is 0 Å². The van der Waals surface area contributed by atoms with Crippen molar-refractivity contribution in [2.45, 2.75) is 0 Å². The van der Waals surface area contributed by atoms with Crippen molar-refractivity contribution in [3.63, 3.8) is 0 Å². The Morgan fingerprint density at radius 1 is 0.311 bits per heavy atom. The molecule has 0 saturated carbocycles. The third kappa shape index (κ3) is 5.43. The van der Waals surface area contributed by atoms with Gasteiger partial charge in [0.05, 0.1) is 0 Å². The van der Waals surface area contributed by atoms with Gasteiger partial charge in [-0.2, -0.15) is 0 Å². The van der Waals surface area contributed by atoms with Gasteiger partial charge in [0.2, 0.25) is 0 Å². The molecule has 284 valence electrons. The van der Waals surface area contributed by atoms with Crippen LogP contribution in [0.3, 0.4) is 0 Å². The van der Waals surface area contributed by atoms with Gasteiger partial charge in [0, 0.05) is 58.4 Å². The van der Waals surface area contributed by atoms with Crippen LogP contribution >= 0.6 is 11.3 Å². The van der Waals surface area contributed by atoms with E-state index in [2.05, 4.69) is 152 Å². The first-order valence-corrected chi connectivity index (χ1v) is 21.1. The maximum absolute atomic E-state index is 6.66. The molecule has 0 bridgehead atoms. The van der Waals surface area contributed by atoms with Crippen LogP contribution in [0.2, 0.25) is 0 Å². The molecule has 0 spiro atoms. The second kappa shape index (κ2) is 13.3. The van der Waals surface area contributed by atoms with E-state index in [-0.39, 0.29) is 0 Å². The van der Waals surface area contributed by atoms with Crippen molar-refractivity contribution in [3.05, 3.63) is 188 Å². The van der Waals surface area contributed by atoms with Crippen LogP contribution in [-0.2, 0) is 0 Å². The number of thiophene rings is 1. The van der Waals surface area contributed by atoms with Crippen LogP contribution in [0.15, 0.2) is 197 Å². The van der Waals surface area contributed by atoms with Gasteiger partial charge in [0.25, 0.3) is 0 Å². The molecule has 13 aromatic rings. The predicted octanol–water partition coefficient (Wildman–Crippen LogP) is 15.5. The Balaban J connectivity index is 0.977. The lowest BCUT2D eigenvalue weighted by atomic mass is 9.97. The van der Waals surface area contributed by atoms with Crippen LogP contribution in [0, 0.1) is 0 Å². The van der Waals surface area contributed by atoms with E-state index in [1.54, 1.807) is 11.3 Å². The number of para-hydroxylation sites is 1. The fraction of sp³-hybridized carbons (Fsp3) is 0. The molecule has 0 aliphatic heterocycles. The lowest BCUT2D eigenvalue weighted by Gasteiger charge is -2.11. The monoisotopic (exact) mass is 797 g/mol. The van der Waals surface area contributed by atoms with Gasteiger partial charge in [-0.15, -0.1) is 11.3 Å². The van der Waals surface area contributed by atoms with Crippen LogP contribution in [0.1, 0.15) is 0 Å². The maximum Gasteiger partial charge on any atom is 0.164 e. The fourth-order valence-electron chi connectivity index (χ4n) is 9.09. The van der Waals surface area contributed by atoms with E-state index in [4.69, 9.17) is 23.8 Å². The van der Waals surface area contributed by atoms with Gasteiger partial charge in [-0.05, 0) is 75.5 Å². The highest BCUT2D eigenvalue weighted by Crippen LogP contribution is 2.42. The topological polar surface area (TPSA) is 65.0 Å². The van der Waals surface area contributed by atoms with Crippen molar-refractivity contribution in [1.82, 2.24) is 15.0 Å². The molecular formula is C55H31N3O2S. The first-order valence-electron chi connectivity index (χ1n) is 20.3. The second-order valence-electron chi connectivity index (χ2n) is 15.5. The van der Waals surface area contributed by atoms with E-state index < -0.39 is 0 Å². The number of hydrogen-bond acceptors (Lipinski definition) is 6. The van der Waals surface area contributed by atoms with Gasteiger partial charge in [-0.1, -0.05) is 146 Å². The Kier molecular flexibility index (Phi) is 7.41. The van der Waals surface area contributed by atoms with E-state index in [0.29, 0.717) is 17.5 Å². The summed E-state index contributed by atoms with van der Waals surface area (Å²) in [6, 6.07) is 65.7. The van der Waals surface area contributed by atoms with Crippen LogP contribution < -0.4 is 0 Å². The van der Waals surface area contributed by atoms with Crippen molar-refractivity contribution in [2.24, 2.45) is 0 Å². The van der Waals surface area contributed by atoms with E-state index in [0.717, 1.165) is 77.3 Å². The molecule has 4 aromatic heterocycles. The van der Waals surface area contributed by atoms with Crippen molar-refractivity contribution >= 4 is 86.2 Å². The molecule has 0 saturated heterocycles. The molecule has 5 nitrogen and oxygen atoms in total. The average molecular weight is 798 g/mol. The average Bonchev–Trinajstić information content (AvgIpc) is 4.02. The number of nitrogens with zero attached hydrogens (tertiary/aromatic N) is 3. The highest BCUT2D eigenvalue weighted by molar-refractivity contribution is 7.25. The summed E-state index contributed by atoms with van der Waals surface area (Å²) in [5.74, 6) is 1.81. The Hall–Kier alpha value is -7.93. The van der Waals surface area contributed by atoms with Crippen molar-refractivity contribution in [1.29, 1.82) is 0 Å². The van der Waals surface area contributed by atoms with Crippen LogP contribution in [0.25, 0.3) is 131 Å². The molecule has 4 heterocycles. The van der Waals surface area contributed by atoms with E-state index >= 15 is 0 Å². The smallest absolute Gasteiger partial charge is 0.164 e. The first-order chi connectivity index (χ1) is 30.2. The van der Waals surface area contributed by atoms with E-state index in [1.807, 2.05) is 36.4 Å². The number of fused-ring (bicyclic) bond motifs is 10. The molecule has 0 aliphatic carbocycles. The van der Waals surface area contributed by atoms with E-state index in [1.165, 1.54) is 36.5 Å². The molecule has 0 aliphatic rings.